The van der Waals surface area contributed by atoms with Crippen LogP contribution in [0.25, 0.3) is 0 Å². The summed E-state index contributed by atoms with van der Waals surface area (Å²) in [5.41, 5.74) is 1.58. The molecule has 0 aromatic heterocycles. The molecule has 1 unspecified atom stereocenters. The van der Waals surface area contributed by atoms with Gasteiger partial charge in [0.2, 0.25) is 0 Å². The van der Waals surface area contributed by atoms with Gasteiger partial charge in [-0.15, -0.1) is 0 Å². The lowest BCUT2D eigenvalue weighted by Crippen LogP contribution is -2.10. The molecule has 42 heavy (non-hydrogen) atoms. The van der Waals surface area contributed by atoms with Gasteiger partial charge in [0.25, 0.3) is 0 Å². The first kappa shape index (κ1) is 35.9. The molecule has 0 spiro atoms. The van der Waals surface area contributed by atoms with Gasteiger partial charge in [-0.3, -0.25) is 0 Å². The number of hydrogen-bond donors (Lipinski definition) is 0. The zero-order valence-corrected chi connectivity index (χ0v) is 27.2. The molecule has 0 saturated carbocycles. The van der Waals surface area contributed by atoms with E-state index >= 15 is 0 Å². The molecule has 1 atom stereocenters. The molecule has 0 aliphatic heterocycles. The molecular weight excluding hydrogens is 520 g/mol. The first-order valence-electron chi connectivity index (χ1n) is 17.3. The van der Waals surface area contributed by atoms with Crippen molar-refractivity contribution >= 4 is 5.97 Å². The van der Waals surface area contributed by atoms with Crippen LogP contribution < -0.4 is 9.47 Å². The highest BCUT2D eigenvalue weighted by atomic mass is 16.6. The number of unbranched alkanes of at least 4 members (excludes halogenated alkanes) is 17. The second kappa shape index (κ2) is 24.1. The lowest BCUT2D eigenvalue weighted by Gasteiger charge is -2.14. The minimum Gasteiger partial charge on any atom is -0.490 e. The van der Waals surface area contributed by atoms with Crippen LogP contribution >= 0.6 is 0 Å². The van der Waals surface area contributed by atoms with Crippen molar-refractivity contribution in [1.82, 2.24) is 0 Å². The fourth-order valence-corrected chi connectivity index (χ4v) is 5.27. The topological polar surface area (TPSA) is 44.8 Å². The second-order valence-corrected chi connectivity index (χ2v) is 11.8. The molecule has 4 nitrogen and oxygen atoms in total. The van der Waals surface area contributed by atoms with E-state index < -0.39 is 0 Å². The molecule has 2 aromatic rings. The molecular formula is C38H60O4. The molecule has 0 saturated heterocycles. The van der Waals surface area contributed by atoms with E-state index in [9.17, 15) is 4.79 Å². The minimum absolute atomic E-state index is 0.00374. The van der Waals surface area contributed by atoms with E-state index in [1.165, 1.54) is 109 Å². The molecule has 0 fully saturated rings. The molecule has 0 heterocycles. The van der Waals surface area contributed by atoms with E-state index in [0.717, 1.165) is 25.0 Å². The number of benzene rings is 2. The zero-order chi connectivity index (χ0) is 30.1. The van der Waals surface area contributed by atoms with Crippen molar-refractivity contribution in [2.24, 2.45) is 0 Å². The fraction of sp³-hybridized carbons (Fsp3) is 0.658. The third-order valence-electron chi connectivity index (χ3n) is 8.00. The molecule has 0 aliphatic rings. The van der Waals surface area contributed by atoms with Crippen LogP contribution in [0.15, 0.2) is 48.5 Å². The number of esters is 1. The standard InChI is InChI=1S/C38H60O4/c1-4-6-7-8-9-10-11-12-13-14-15-16-17-18-19-20-21-24-32-40-33(3)34-27-29-35(30-28-34)38(39)42-37-26-23-22-25-36(37)41-31-5-2/h22-23,25-30,33H,4-21,24,31-32H2,1-3H3. The minimum atomic E-state index is -0.388. The first-order chi connectivity index (χ1) is 20.7. The van der Waals surface area contributed by atoms with E-state index in [1.807, 2.05) is 49.4 Å². The number of carbonyl (C=O) groups excluding carboxylic acids is 1. The molecule has 0 amide bonds. The van der Waals surface area contributed by atoms with Crippen molar-refractivity contribution in [3.8, 4) is 11.5 Å². The molecule has 2 aromatic carbocycles. The van der Waals surface area contributed by atoms with Gasteiger partial charge in [-0.2, -0.15) is 0 Å². The molecule has 4 heteroatoms. The Labute approximate surface area is 257 Å². The number of rotatable bonds is 26. The Bertz CT molecular complexity index is 923. The Kier molecular flexibility index (Phi) is 20.6. The highest BCUT2D eigenvalue weighted by Crippen LogP contribution is 2.28. The van der Waals surface area contributed by atoms with Crippen LogP contribution in [0.5, 0.6) is 11.5 Å². The SMILES string of the molecule is CCCCCCCCCCCCCCCCCCCCOC(C)c1ccc(C(=O)Oc2ccccc2OCCC)cc1. The van der Waals surface area contributed by atoms with Gasteiger partial charge in [-0.05, 0) is 49.6 Å². The van der Waals surface area contributed by atoms with Crippen LogP contribution in [0.2, 0.25) is 0 Å². The van der Waals surface area contributed by atoms with Gasteiger partial charge < -0.3 is 14.2 Å². The van der Waals surface area contributed by atoms with Gasteiger partial charge in [0.15, 0.2) is 11.5 Å². The van der Waals surface area contributed by atoms with Crippen LogP contribution in [0.3, 0.4) is 0 Å². The maximum atomic E-state index is 12.7. The van der Waals surface area contributed by atoms with E-state index in [4.69, 9.17) is 14.2 Å². The Morgan fingerprint density at radius 2 is 1.05 bits per heavy atom. The van der Waals surface area contributed by atoms with E-state index in [0.29, 0.717) is 23.7 Å². The Morgan fingerprint density at radius 1 is 0.571 bits per heavy atom. The summed E-state index contributed by atoms with van der Waals surface area (Å²) in [5.74, 6) is 0.647. The summed E-state index contributed by atoms with van der Waals surface area (Å²) in [5, 5.41) is 0. The Balaban J connectivity index is 1.46. The van der Waals surface area contributed by atoms with Crippen LogP contribution in [0.4, 0.5) is 0 Å². The third kappa shape index (κ3) is 16.3. The average Bonchev–Trinajstić information content (AvgIpc) is 3.01. The van der Waals surface area contributed by atoms with E-state index in [1.54, 1.807) is 6.07 Å². The van der Waals surface area contributed by atoms with Crippen LogP contribution in [-0.4, -0.2) is 19.2 Å². The smallest absolute Gasteiger partial charge is 0.343 e. The summed E-state index contributed by atoms with van der Waals surface area (Å²) in [6, 6.07) is 14.8. The fourth-order valence-electron chi connectivity index (χ4n) is 5.27. The monoisotopic (exact) mass is 580 g/mol. The Morgan fingerprint density at radius 3 is 1.55 bits per heavy atom. The quantitative estimate of drug-likeness (QED) is 0.0630. The van der Waals surface area contributed by atoms with Crippen molar-refractivity contribution in [2.75, 3.05) is 13.2 Å². The number of para-hydroxylation sites is 2. The Hall–Kier alpha value is -2.33. The molecule has 0 bridgehead atoms. The van der Waals surface area contributed by atoms with E-state index in [-0.39, 0.29) is 12.1 Å². The average molecular weight is 581 g/mol. The second-order valence-electron chi connectivity index (χ2n) is 11.8. The molecule has 2 rings (SSSR count). The van der Waals surface area contributed by atoms with Gasteiger partial charge in [0, 0.05) is 6.61 Å². The number of carbonyl (C=O) groups is 1. The molecule has 0 radical (unpaired) electrons. The summed E-state index contributed by atoms with van der Waals surface area (Å²) in [4.78, 5) is 12.7. The normalized spacial score (nSPS) is 11.9. The predicted octanol–water partition coefficient (Wildman–Crippen LogP) is 11.8. The third-order valence-corrected chi connectivity index (χ3v) is 8.00. The van der Waals surface area contributed by atoms with E-state index in [2.05, 4.69) is 13.8 Å². The van der Waals surface area contributed by atoms with Gasteiger partial charge in [-0.1, -0.05) is 147 Å². The van der Waals surface area contributed by atoms with Gasteiger partial charge in [-0.25, -0.2) is 4.79 Å². The van der Waals surface area contributed by atoms with Crippen molar-refractivity contribution in [3.63, 3.8) is 0 Å². The molecule has 0 N–H and O–H groups in total. The van der Waals surface area contributed by atoms with Crippen molar-refractivity contribution in [2.45, 2.75) is 149 Å². The van der Waals surface area contributed by atoms with Crippen LogP contribution in [-0.2, 0) is 4.74 Å². The zero-order valence-electron chi connectivity index (χ0n) is 27.2. The lowest BCUT2D eigenvalue weighted by atomic mass is 10.0. The summed E-state index contributed by atoms with van der Waals surface area (Å²) < 4.78 is 17.4. The maximum Gasteiger partial charge on any atom is 0.343 e. The summed E-state index contributed by atoms with van der Waals surface area (Å²) >= 11 is 0. The van der Waals surface area contributed by atoms with Crippen LogP contribution in [0, 0.1) is 0 Å². The van der Waals surface area contributed by atoms with Crippen molar-refractivity contribution in [3.05, 3.63) is 59.7 Å². The number of ether oxygens (including phenoxy) is 3. The van der Waals surface area contributed by atoms with Gasteiger partial charge in [0.05, 0.1) is 18.3 Å². The predicted molar refractivity (Wildman–Crippen MR) is 177 cm³/mol. The summed E-state index contributed by atoms with van der Waals surface area (Å²) in [7, 11) is 0. The summed E-state index contributed by atoms with van der Waals surface area (Å²) in [6.07, 6.45) is 25.8. The highest BCUT2D eigenvalue weighted by molar-refractivity contribution is 5.91. The molecule has 0 aliphatic carbocycles. The summed E-state index contributed by atoms with van der Waals surface area (Å²) in [6.45, 7) is 7.77. The number of hydrogen-bond acceptors (Lipinski definition) is 4. The van der Waals surface area contributed by atoms with Gasteiger partial charge >= 0.3 is 5.97 Å². The maximum absolute atomic E-state index is 12.7. The van der Waals surface area contributed by atoms with Crippen molar-refractivity contribution < 1.29 is 19.0 Å². The highest BCUT2D eigenvalue weighted by Gasteiger charge is 2.13. The molecule has 236 valence electrons. The van der Waals surface area contributed by atoms with Gasteiger partial charge in [0.1, 0.15) is 0 Å². The largest absolute Gasteiger partial charge is 0.490 e. The lowest BCUT2D eigenvalue weighted by molar-refractivity contribution is 0.0625. The first-order valence-corrected chi connectivity index (χ1v) is 17.3. The van der Waals surface area contributed by atoms with Crippen molar-refractivity contribution in [1.29, 1.82) is 0 Å². The van der Waals surface area contributed by atoms with Crippen LogP contribution in [0.1, 0.15) is 165 Å².